The molecule has 0 saturated carbocycles. The maximum Gasteiger partial charge on any atom is 0.310 e. The highest BCUT2D eigenvalue weighted by Gasteiger charge is 2.42. The van der Waals surface area contributed by atoms with Crippen LogP contribution < -0.4 is 15.4 Å². The molecule has 1 heterocycles. The van der Waals surface area contributed by atoms with Crippen molar-refractivity contribution in [1.29, 1.82) is 0 Å². The number of hydrogen-bond donors (Lipinski definition) is 4. The number of rotatable bonds is 14. The molecular weight excluding hydrogens is 668 g/mol. The molecule has 0 bridgehead atoms. The van der Waals surface area contributed by atoms with E-state index in [4.69, 9.17) is 11.6 Å². The molecule has 0 spiro atoms. The average Bonchev–Trinajstić information content (AvgIpc) is 3.43. The number of carbonyl (C=O) groups excluding carboxylic acids is 1. The molecular formula is C36H35ClN4O5S2. The van der Waals surface area contributed by atoms with Gasteiger partial charge in [-0.15, -0.1) is 0 Å². The normalized spacial score (nSPS) is 12.2. The molecule has 0 aliphatic heterocycles. The molecule has 0 fully saturated rings. The molecule has 1 unspecified atom stereocenters. The third kappa shape index (κ3) is 8.04. The summed E-state index contributed by atoms with van der Waals surface area (Å²) >= 11 is 7.76. The number of nitrogens with zero attached hydrogens (tertiary/aromatic N) is 1. The average molecular weight is 703 g/mol. The van der Waals surface area contributed by atoms with E-state index in [0.717, 1.165) is 40.0 Å². The molecule has 4 N–H and O–H groups in total. The van der Waals surface area contributed by atoms with Crippen molar-refractivity contribution in [3.8, 4) is 11.3 Å². The van der Waals surface area contributed by atoms with Crippen molar-refractivity contribution >= 4 is 61.3 Å². The number of nitrogens with one attached hydrogen (secondary N) is 3. The Labute approximate surface area is 289 Å². The van der Waals surface area contributed by atoms with E-state index in [1.165, 1.54) is 0 Å². The van der Waals surface area contributed by atoms with Crippen molar-refractivity contribution in [1.82, 2.24) is 4.98 Å². The van der Waals surface area contributed by atoms with Gasteiger partial charge in [-0.05, 0) is 53.8 Å². The molecule has 5 aromatic rings. The molecule has 1 atom stereocenters. The highest BCUT2D eigenvalue weighted by molar-refractivity contribution is 7.92. The Morgan fingerprint density at radius 3 is 1.96 bits per heavy atom. The fourth-order valence-electron chi connectivity index (χ4n) is 5.70. The highest BCUT2D eigenvalue weighted by atomic mass is 35.5. The van der Waals surface area contributed by atoms with Crippen LogP contribution in [0.25, 0.3) is 11.3 Å². The first-order chi connectivity index (χ1) is 23.0. The van der Waals surface area contributed by atoms with E-state index in [-0.39, 0.29) is 5.91 Å². The predicted molar refractivity (Wildman–Crippen MR) is 194 cm³/mol. The van der Waals surface area contributed by atoms with Crippen LogP contribution >= 0.6 is 22.9 Å². The lowest BCUT2D eigenvalue weighted by Gasteiger charge is -2.34. The minimum Gasteiger partial charge on any atom is -0.481 e. The van der Waals surface area contributed by atoms with Gasteiger partial charge in [0.25, 0.3) is 0 Å². The van der Waals surface area contributed by atoms with Crippen LogP contribution in [0.5, 0.6) is 0 Å². The lowest BCUT2D eigenvalue weighted by Crippen LogP contribution is -2.43. The van der Waals surface area contributed by atoms with Crippen LogP contribution in [0.4, 0.5) is 16.5 Å². The second-order valence-corrected chi connectivity index (χ2v) is 14.6. The SMILES string of the molecule is CCC(C(=O)O)c1ccc(NCCC(C(=O)Nc2nc(-c3ccc(NS(C)(=O)=O)cc3)c(Cl)s2)(c2ccccc2)c2ccccc2)cc1. The molecule has 1 amide bonds. The van der Waals surface area contributed by atoms with Gasteiger partial charge in [0.1, 0.15) is 15.4 Å². The monoisotopic (exact) mass is 702 g/mol. The first kappa shape index (κ1) is 34.6. The Hall–Kier alpha value is -4.71. The van der Waals surface area contributed by atoms with E-state index in [1.54, 1.807) is 24.3 Å². The molecule has 0 aliphatic carbocycles. The number of hydrogen-bond acceptors (Lipinski definition) is 7. The molecule has 0 saturated heterocycles. The Morgan fingerprint density at radius 2 is 1.44 bits per heavy atom. The minimum atomic E-state index is -3.42. The van der Waals surface area contributed by atoms with Gasteiger partial charge in [-0.3, -0.25) is 14.3 Å². The largest absolute Gasteiger partial charge is 0.481 e. The smallest absolute Gasteiger partial charge is 0.310 e. The number of amides is 1. The summed E-state index contributed by atoms with van der Waals surface area (Å²) in [5.74, 6) is -1.70. The third-order valence-corrected chi connectivity index (χ3v) is 9.81. The summed E-state index contributed by atoms with van der Waals surface area (Å²) in [6.07, 6.45) is 1.95. The zero-order chi connectivity index (χ0) is 34.3. The molecule has 12 heteroatoms. The highest BCUT2D eigenvalue weighted by Crippen LogP contribution is 2.40. The van der Waals surface area contributed by atoms with E-state index < -0.39 is 27.3 Å². The van der Waals surface area contributed by atoms with Crippen LogP contribution in [-0.4, -0.2) is 43.2 Å². The number of sulfonamides is 1. The standard InChI is InChI=1S/C36H35ClN4O5S2/c1-3-30(33(42)43)24-14-18-28(19-15-24)38-23-22-36(26-10-6-4-7-11-26,27-12-8-5-9-13-27)34(44)40-35-39-31(32(37)47-35)25-16-20-29(21-17-25)41-48(2,45)46/h4-21,30,38,41H,3,22-23H2,1-2H3,(H,42,43)(H,39,40,44). The number of anilines is 3. The van der Waals surface area contributed by atoms with E-state index in [9.17, 15) is 23.1 Å². The second-order valence-electron chi connectivity index (χ2n) is 11.3. The summed E-state index contributed by atoms with van der Waals surface area (Å²) in [6, 6.07) is 33.2. The number of carboxylic acid groups (broad SMARTS) is 1. The number of carbonyl (C=O) groups is 2. The molecule has 5 rings (SSSR count). The molecule has 1 aromatic heterocycles. The number of carboxylic acids is 1. The third-order valence-electron chi connectivity index (χ3n) is 8.04. The number of benzene rings is 4. The lowest BCUT2D eigenvalue weighted by atomic mass is 9.71. The van der Waals surface area contributed by atoms with Gasteiger partial charge in [0.2, 0.25) is 15.9 Å². The molecule has 9 nitrogen and oxygen atoms in total. The second kappa shape index (κ2) is 15.0. The topological polar surface area (TPSA) is 137 Å². The summed E-state index contributed by atoms with van der Waals surface area (Å²) in [7, 11) is -3.42. The van der Waals surface area contributed by atoms with Gasteiger partial charge >= 0.3 is 5.97 Å². The van der Waals surface area contributed by atoms with Crippen molar-refractivity contribution in [3.05, 3.63) is 130 Å². The number of halogens is 1. The van der Waals surface area contributed by atoms with Crippen molar-refractivity contribution in [3.63, 3.8) is 0 Å². The zero-order valence-corrected chi connectivity index (χ0v) is 28.7. The zero-order valence-electron chi connectivity index (χ0n) is 26.3. The van der Waals surface area contributed by atoms with Crippen LogP contribution in [0.1, 0.15) is 42.4 Å². The van der Waals surface area contributed by atoms with E-state index in [1.807, 2.05) is 91.9 Å². The van der Waals surface area contributed by atoms with E-state index >= 15 is 0 Å². The maximum atomic E-state index is 14.6. The van der Waals surface area contributed by atoms with Gasteiger partial charge < -0.3 is 15.7 Å². The summed E-state index contributed by atoms with van der Waals surface area (Å²) < 4.78 is 26.0. The molecule has 0 radical (unpaired) electrons. The van der Waals surface area contributed by atoms with Crippen LogP contribution in [-0.2, 0) is 25.0 Å². The van der Waals surface area contributed by atoms with E-state index in [2.05, 4.69) is 20.3 Å². The summed E-state index contributed by atoms with van der Waals surface area (Å²) in [4.78, 5) is 30.9. The lowest BCUT2D eigenvalue weighted by molar-refractivity contribution is -0.138. The van der Waals surface area contributed by atoms with Gasteiger partial charge in [-0.2, -0.15) is 0 Å². The summed E-state index contributed by atoms with van der Waals surface area (Å²) in [6.45, 7) is 2.27. The Bertz CT molecular complexity index is 1930. The fourth-order valence-corrected chi connectivity index (χ4v) is 7.35. The number of thiazole rings is 1. The van der Waals surface area contributed by atoms with Crippen LogP contribution in [0.15, 0.2) is 109 Å². The van der Waals surface area contributed by atoms with Gasteiger partial charge in [0.15, 0.2) is 5.13 Å². The van der Waals surface area contributed by atoms with Crippen LogP contribution in [0.3, 0.4) is 0 Å². The molecule has 248 valence electrons. The first-order valence-electron chi connectivity index (χ1n) is 15.2. The van der Waals surface area contributed by atoms with Crippen molar-refractivity contribution in [2.75, 3.05) is 28.2 Å². The summed E-state index contributed by atoms with van der Waals surface area (Å²) in [5, 5.41) is 16.3. The van der Waals surface area contributed by atoms with Crippen molar-refractivity contribution in [2.45, 2.75) is 31.1 Å². The maximum absolute atomic E-state index is 14.6. The van der Waals surface area contributed by atoms with E-state index in [0.29, 0.717) is 45.8 Å². The van der Waals surface area contributed by atoms with Gasteiger partial charge in [0.05, 0.1) is 12.2 Å². The quantitative estimate of drug-likeness (QED) is 0.0925. The Balaban J connectivity index is 1.43. The molecule has 48 heavy (non-hydrogen) atoms. The van der Waals surface area contributed by atoms with Crippen LogP contribution in [0, 0.1) is 0 Å². The van der Waals surface area contributed by atoms with Gasteiger partial charge in [0, 0.05) is 23.5 Å². The fraction of sp³-hybridized carbons (Fsp3) is 0.194. The predicted octanol–water partition coefficient (Wildman–Crippen LogP) is 7.84. The minimum absolute atomic E-state index is 0.283. The van der Waals surface area contributed by atoms with Crippen LogP contribution in [0.2, 0.25) is 4.34 Å². The summed E-state index contributed by atoms with van der Waals surface area (Å²) in [5.41, 5.74) is 3.56. The van der Waals surface area contributed by atoms with Gasteiger partial charge in [-0.25, -0.2) is 13.4 Å². The molecule has 4 aromatic carbocycles. The number of aliphatic carboxylic acids is 1. The Morgan fingerprint density at radius 1 is 0.875 bits per heavy atom. The Kier molecular flexibility index (Phi) is 10.8. The van der Waals surface area contributed by atoms with Gasteiger partial charge in [-0.1, -0.05) is 115 Å². The molecule has 0 aliphatic rings. The van der Waals surface area contributed by atoms with Crippen molar-refractivity contribution in [2.24, 2.45) is 0 Å². The first-order valence-corrected chi connectivity index (χ1v) is 18.3. The van der Waals surface area contributed by atoms with Crippen molar-refractivity contribution < 1.29 is 23.1 Å². The number of aromatic nitrogens is 1.